The maximum atomic E-state index is 6.02. The zero-order valence-electron chi connectivity index (χ0n) is 9.91. The molecule has 2 nitrogen and oxygen atoms in total. The van der Waals surface area contributed by atoms with Gasteiger partial charge in [-0.15, -0.1) is 0 Å². The third-order valence-electron chi connectivity index (χ3n) is 3.39. The summed E-state index contributed by atoms with van der Waals surface area (Å²) in [7, 11) is 0. The van der Waals surface area contributed by atoms with Crippen LogP contribution >= 0.6 is 15.9 Å². The monoisotopic (exact) mass is 282 g/mol. The van der Waals surface area contributed by atoms with Crippen molar-refractivity contribution >= 4 is 21.6 Å². The number of halogens is 1. The van der Waals surface area contributed by atoms with E-state index in [-0.39, 0.29) is 0 Å². The van der Waals surface area contributed by atoms with Gasteiger partial charge in [-0.25, -0.2) is 0 Å². The first-order valence-electron chi connectivity index (χ1n) is 5.84. The van der Waals surface area contributed by atoms with Gasteiger partial charge in [-0.3, -0.25) is 4.90 Å². The van der Waals surface area contributed by atoms with Gasteiger partial charge in [0.15, 0.2) is 0 Å². The molecule has 2 unspecified atom stereocenters. The minimum absolute atomic E-state index is 0.679. The highest BCUT2D eigenvalue weighted by atomic mass is 79.9. The Kier molecular flexibility index (Phi) is 3.55. The molecular formula is C13H19BrN2. The number of benzene rings is 1. The van der Waals surface area contributed by atoms with Gasteiger partial charge in [-0.05, 0) is 37.0 Å². The molecule has 0 saturated carbocycles. The second-order valence-corrected chi connectivity index (χ2v) is 5.88. The van der Waals surface area contributed by atoms with E-state index in [1.165, 1.54) is 18.5 Å². The predicted molar refractivity (Wildman–Crippen MR) is 72.2 cm³/mol. The van der Waals surface area contributed by atoms with Gasteiger partial charge in [-0.1, -0.05) is 28.9 Å². The van der Waals surface area contributed by atoms with Crippen LogP contribution < -0.4 is 5.73 Å². The normalized spacial score (nSPS) is 26.2. The third kappa shape index (κ3) is 2.58. The van der Waals surface area contributed by atoms with Crippen molar-refractivity contribution in [3.63, 3.8) is 0 Å². The summed E-state index contributed by atoms with van der Waals surface area (Å²) in [5.41, 5.74) is 8.15. The van der Waals surface area contributed by atoms with Crippen LogP contribution in [0.3, 0.4) is 0 Å². The highest BCUT2D eigenvalue weighted by Gasteiger charge is 2.26. The van der Waals surface area contributed by atoms with Gasteiger partial charge in [0.25, 0.3) is 0 Å². The quantitative estimate of drug-likeness (QED) is 0.844. The molecule has 1 aliphatic rings. The summed E-state index contributed by atoms with van der Waals surface area (Å²) in [5, 5.41) is 0. The fourth-order valence-electron chi connectivity index (χ4n) is 2.54. The second-order valence-electron chi connectivity index (χ2n) is 4.96. The van der Waals surface area contributed by atoms with Crippen molar-refractivity contribution < 1.29 is 0 Å². The molecule has 2 atom stereocenters. The molecule has 16 heavy (non-hydrogen) atoms. The van der Waals surface area contributed by atoms with E-state index in [1.54, 1.807) is 0 Å². The number of hydrogen-bond acceptors (Lipinski definition) is 2. The molecule has 1 fully saturated rings. The second kappa shape index (κ2) is 4.76. The van der Waals surface area contributed by atoms with Crippen molar-refractivity contribution in [1.82, 2.24) is 4.90 Å². The van der Waals surface area contributed by atoms with Gasteiger partial charge >= 0.3 is 0 Å². The molecule has 0 aliphatic carbocycles. The Balaban J connectivity index is 2.09. The molecule has 0 radical (unpaired) electrons. The Hall–Kier alpha value is -0.540. The molecule has 0 amide bonds. The maximum absolute atomic E-state index is 6.02. The molecule has 0 bridgehead atoms. The van der Waals surface area contributed by atoms with Crippen molar-refractivity contribution in [2.24, 2.45) is 5.92 Å². The fraction of sp³-hybridized carbons (Fsp3) is 0.538. The molecule has 2 N–H and O–H groups in total. The number of anilines is 1. The molecule has 0 aromatic heterocycles. The van der Waals surface area contributed by atoms with Gasteiger partial charge in [0, 0.05) is 29.3 Å². The average Bonchev–Trinajstić information content (AvgIpc) is 2.50. The van der Waals surface area contributed by atoms with E-state index in [1.807, 2.05) is 6.07 Å². The van der Waals surface area contributed by atoms with E-state index in [4.69, 9.17) is 5.73 Å². The summed E-state index contributed by atoms with van der Waals surface area (Å²) in [6.07, 6.45) is 1.30. The molecule has 88 valence electrons. The summed E-state index contributed by atoms with van der Waals surface area (Å²) < 4.78 is 1.05. The van der Waals surface area contributed by atoms with Crippen LogP contribution in [0.25, 0.3) is 0 Å². The molecule has 1 aliphatic heterocycles. The van der Waals surface area contributed by atoms with Crippen molar-refractivity contribution in [2.75, 3.05) is 12.3 Å². The van der Waals surface area contributed by atoms with E-state index < -0.39 is 0 Å². The molecule has 1 saturated heterocycles. The lowest BCUT2D eigenvalue weighted by Crippen LogP contribution is -2.26. The highest BCUT2D eigenvalue weighted by molar-refractivity contribution is 9.10. The van der Waals surface area contributed by atoms with Gasteiger partial charge in [0.1, 0.15) is 0 Å². The smallest absolute Gasteiger partial charge is 0.0371 e. The molecule has 0 spiro atoms. The first-order valence-corrected chi connectivity index (χ1v) is 6.63. The Bertz CT molecular complexity index is 378. The van der Waals surface area contributed by atoms with Crippen molar-refractivity contribution in [2.45, 2.75) is 32.9 Å². The number of rotatable bonds is 2. The summed E-state index contributed by atoms with van der Waals surface area (Å²) >= 11 is 3.44. The largest absolute Gasteiger partial charge is 0.398 e. The average molecular weight is 283 g/mol. The first kappa shape index (κ1) is 11.9. The van der Waals surface area contributed by atoms with Gasteiger partial charge in [-0.2, -0.15) is 0 Å². The van der Waals surface area contributed by atoms with Crippen LogP contribution in [0.15, 0.2) is 22.7 Å². The van der Waals surface area contributed by atoms with Crippen LogP contribution in [0, 0.1) is 5.92 Å². The van der Waals surface area contributed by atoms with E-state index in [0.717, 1.165) is 22.6 Å². The van der Waals surface area contributed by atoms with E-state index in [0.29, 0.717) is 6.04 Å². The minimum atomic E-state index is 0.679. The Morgan fingerprint density at radius 2 is 2.19 bits per heavy atom. The number of hydrogen-bond donors (Lipinski definition) is 1. The molecule has 2 rings (SSSR count). The number of nitrogens with zero attached hydrogens (tertiary/aromatic N) is 1. The zero-order valence-corrected chi connectivity index (χ0v) is 11.5. The lowest BCUT2D eigenvalue weighted by molar-refractivity contribution is 0.257. The lowest BCUT2D eigenvalue weighted by Gasteiger charge is -2.21. The Morgan fingerprint density at radius 1 is 1.44 bits per heavy atom. The van der Waals surface area contributed by atoms with Crippen LogP contribution in [0.5, 0.6) is 0 Å². The summed E-state index contributed by atoms with van der Waals surface area (Å²) in [6.45, 7) is 6.79. The SMILES string of the molecule is CC1CC(C)N(Cc2ccc(Br)cc2N)C1. The van der Waals surface area contributed by atoms with E-state index >= 15 is 0 Å². The van der Waals surface area contributed by atoms with Gasteiger partial charge in [0.2, 0.25) is 0 Å². The summed E-state index contributed by atoms with van der Waals surface area (Å²) in [6, 6.07) is 6.85. The molecular weight excluding hydrogens is 264 g/mol. The molecule has 1 heterocycles. The predicted octanol–water partition coefficient (Wildman–Crippen LogP) is 3.26. The summed E-state index contributed by atoms with van der Waals surface area (Å²) in [5.74, 6) is 0.812. The number of nitrogen functional groups attached to an aromatic ring is 1. The van der Waals surface area contributed by atoms with E-state index in [2.05, 4.69) is 46.8 Å². The molecule has 1 aromatic carbocycles. The van der Waals surface area contributed by atoms with Crippen molar-refractivity contribution in [3.8, 4) is 0 Å². The topological polar surface area (TPSA) is 29.3 Å². The van der Waals surface area contributed by atoms with Crippen LogP contribution in [-0.2, 0) is 6.54 Å². The van der Waals surface area contributed by atoms with Crippen LogP contribution in [0.2, 0.25) is 0 Å². The van der Waals surface area contributed by atoms with Crippen LogP contribution in [-0.4, -0.2) is 17.5 Å². The Morgan fingerprint density at radius 3 is 2.75 bits per heavy atom. The first-order chi connectivity index (χ1) is 7.56. The van der Waals surface area contributed by atoms with Crippen LogP contribution in [0.1, 0.15) is 25.8 Å². The number of likely N-dealkylation sites (tertiary alicyclic amines) is 1. The van der Waals surface area contributed by atoms with Gasteiger partial charge < -0.3 is 5.73 Å². The van der Waals surface area contributed by atoms with Gasteiger partial charge in [0.05, 0.1) is 0 Å². The zero-order chi connectivity index (χ0) is 11.7. The highest BCUT2D eigenvalue weighted by Crippen LogP contribution is 2.26. The molecule has 3 heteroatoms. The minimum Gasteiger partial charge on any atom is -0.398 e. The van der Waals surface area contributed by atoms with Crippen molar-refractivity contribution in [3.05, 3.63) is 28.2 Å². The summed E-state index contributed by atoms with van der Waals surface area (Å²) in [4.78, 5) is 2.52. The Labute approximate surface area is 106 Å². The third-order valence-corrected chi connectivity index (χ3v) is 3.89. The van der Waals surface area contributed by atoms with E-state index in [9.17, 15) is 0 Å². The standard InChI is InChI=1S/C13H19BrN2/c1-9-5-10(2)16(7-9)8-11-3-4-12(14)6-13(11)15/h3-4,6,9-10H,5,7-8,15H2,1-2H3. The fourth-order valence-corrected chi connectivity index (χ4v) is 2.91. The van der Waals surface area contributed by atoms with Crippen molar-refractivity contribution in [1.29, 1.82) is 0 Å². The maximum Gasteiger partial charge on any atom is 0.0371 e. The molecule has 1 aromatic rings. The lowest BCUT2D eigenvalue weighted by atomic mass is 10.1. The number of nitrogens with two attached hydrogens (primary N) is 1. The van der Waals surface area contributed by atoms with Crippen LogP contribution in [0.4, 0.5) is 5.69 Å².